The van der Waals surface area contributed by atoms with Gasteiger partial charge >= 0.3 is 0 Å². The van der Waals surface area contributed by atoms with Gasteiger partial charge in [0, 0.05) is 26.2 Å². The van der Waals surface area contributed by atoms with Gasteiger partial charge in [0.2, 0.25) is 5.91 Å². The highest BCUT2D eigenvalue weighted by atomic mass is 32.2. The minimum atomic E-state index is -3.03. The number of piperidine rings is 1. The van der Waals surface area contributed by atoms with Crippen molar-refractivity contribution in [3.63, 3.8) is 0 Å². The van der Waals surface area contributed by atoms with Gasteiger partial charge in [0.15, 0.2) is 9.84 Å². The lowest BCUT2D eigenvalue weighted by molar-refractivity contribution is -0.124. The molecule has 2 aliphatic heterocycles. The largest absolute Gasteiger partial charge is 0.352 e. The molecule has 0 radical (unpaired) electrons. The monoisotopic (exact) mass is 378 g/mol. The second-order valence-electron chi connectivity index (χ2n) is 8.23. The molecule has 2 saturated heterocycles. The van der Waals surface area contributed by atoms with E-state index in [1.54, 1.807) is 0 Å². The molecule has 1 N–H and O–H groups in total. The Morgan fingerprint density at radius 1 is 1.15 bits per heavy atom. The molecule has 26 heavy (non-hydrogen) atoms. The third-order valence-electron chi connectivity index (χ3n) is 5.51. The average molecular weight is 379 g/mol. The van der Waals surface area contributed by atoms with E-state index in [1.807, 2.05) is 12.1 Å². The molecule has 0 saturated carbocycles. The predicted molar refractivity (Wildman–Crippen MR) is 103 cm³/mol. The van der Waals surface area contributed by atoms with Crippen molar-refractivity contribution in [2.45, 2.75) is 39.8 Å². The number of hydrogen-bond acceptors (Lipinski definition) is 4. The molecule has 0 aliphatic carbocycles. The number of nitrogens with one attached hydrogen (secondary N) is 1. The SMILES string of the molecule is C[C@@H]1C[C@@H](C)CN(Cc2ccccc2CNC(=O)[C@H]2CCS(=O)(=O)C2)C1. The van der Waals surface area contributed by atoms with E-state index in [2.05, 4.69) is 36.2 Å². The lowest BCUT2D eigenvalue weighted by Gasteiger charge is -2.35. The Balaban J connectivity index is 1.59. The molecule has 0 spiro atoms. The highest BCUT2D eigenvalue weighted by Gasteiger charge is 2.32. The minimum Gasteiger partial charge on any atom is -0.352 e. The lowest BCUT2D eigenvalue weighted by atomic mass is 9.91. The first-order valence-electron chi connectivity index (χ1n) is 9.59. The van der Waals surface area contributed by atoms with Crippen LogP contribution in [0, 0.1) is 17.8 Å². The summed E-state index contributed by atoms with van der Waals surface area (Å²) in [7, 11) is -3.03. The van der Waals surface area contributed by atoms with E-state index in [0.717, 1.165) is 37.0 Å². The normalized spacial score (nSPS) is 28.8. The topological polar surface area (TPSA) is 66.5 Å². The number of amides is 1. The number of likely N-dealkylation sites (tertiary alicyclic amines) is 1. The summed E-state index contributed by atoms with van der Waals surface area (Å²) in [4.78, 5) is 14.8. The van der Waals surface area contributed by atoms with Crippen LogP contribution in [0.2, 0.25) is 0 Å². The molecule has 144 valence electrons. The summed E-state index contributed by atoms with van der Waals surface area (Å²) in [6, 6.07) is 8.22. The van der Waals surface area contributed by atoms with Crippen LogP contribution in [0.15, 0.2) is 24.3 Å². The number of benzene rings is 1. The number of hydrogen-bond donors (Lipinski definition) is 1. The van der Waals surface area contributed by atoms with Crippen molar-refractivity contribution in [2.75, 3.05) is 24.6 Å². The van der Waals surface area contributed by atoms with Crippen molar-refractivity contribution in [3.05, 3.63) is 35.4 Å². The number of sulfone groups is 1. The Bertz CT molecular complexity index is 737. The average Bonchev–Trinajstić information content (AvgIpc) is 2.93. The molecule has 2 heterocycles. The zero-order valence-electron chi connectivity index (χ0n) is 15.8. The molecule has 3 atom stereocenters. The summed E-state index contributed by atoms with van der Waals surface area (Å²) in [6.45, 7) is 8.22. The highest BCUT2D eigenvalue weighted by Crippen LogP contribution is 2.23. The number of carbonyl (C=O) groups excluding carboxylic acids is 1. The van der Waals surface area contributed by atoms with Gasteiger partial charge in [-0.25, -0.2) is 8.42 Å². The van der Waals surface area contributed by atoms with Crippen molar-refractivity contribution in [1.29, 1.82) is 0 Å². The first kappa shape index (κ1) is 19.4. The Morgan fingerprint density at radius 3 is 2.42 bits per heavy atom. The van der Waals surface area contributed by atoms with Gasteiger partial charge in [0.05, 0.1) is 17.4 Å². The van der Waals surface area contributed by atoms with Crippen molar-refractivity contribution in [3.8, 4) is 0 Å². The van der Waals surface area contributed by atoms with Crippen molar-refractivity contribution in [2.24, 2.45) is 17.8 Å². The Kier molecular flexibility index (Phi) is 6.03. The lowest BCUT2D eigenvalue weighted by Crippen LogP contribution is -2.38. The van der Waals surface area contributed by atoms with Gasteiger partial charge in [-0.1, -0.05) is 38.1 Å². The molecule has 3 rings (SSSR count). The maximum absolute atomic E-state index is 12.3. The summed E-state index contributed by atoms with van der Waals surface area (Å²) < 4.78 is 23.1. The molecule has 6 heteroatoms. The Morgan fingerprint density at radius 2 is 1.81 bits per heavy atom. The molecule has 1 aromatic rings. The van der Waals surface area contributed by atoms with Gasteiger partial charge in [-0.15, -0.1) is 0 Å². The summed E-state index contributed by atoms with van der Waals surface area (Å²) in [5, 5.41) is 2.95. The molecule has 0 unspecified atom stereocenters. The van der Waals surface area contributed by atoms with Crippen LogP contribution >= 0.6 is 0 Å². The quantitative estimate of drug-likeness (QED) is 0.853. The van der Waals surface area contributed by atoms with E-state index < -0.39 is 15.8 Å². The highest BCUT2D eigenvalue weighted by molar-refractivity contribution is 7.91. The van der Waals surface area contributed by atoms with Crippen LogP contribution in [0.1, 0.15) is 37.8 Å². The van der Waals surface area contributed by atoms with Crippen molar-refractivity contribution in [1.82, 2.24) is 10.2 Å². The molecule has 5 nitrogen and oxygen atoms in total. The fraction of sp³-hybridized carbons (Fsp3) is 0.650. The summed E-state index contributed by atoms with van der Waals surface area (Å²) >= 11 is 0. The van der Waals surface area contributed by atoms with Gasteiger partial charge in [-0.2, -0.15) is 0 Å². The van der Waals surface area contributed by atoms with Gasteiger partial charge in [-0.05, 0) is 35.8 Å². The van der Waals surface area contributed by atoms with E-state index in [0.29, 0.717) is 13.0 Å². The summed E-state index contributed by atoms with van der Waals surface area (Å²) in [5.41, 5.74) is 2.36. The zero-order valence-corrected chi connectivity index (χ0v) is 16.6. The summed E-state index contributed by atoms with van der Waals surface area (Å²) in [6.07, 6.45) is 1.73. The molecule has 2 fully saturated rings. The van der Waals surface area contributed by atoms with E-state index in [1.165, 1.54) is 12.0 Å². The molecule has 0 bridgehead atoms. The number of rotatable bonds is 5. The number of carbonyl (C=O) groups is 1. The van der Waals surface area contributed by atoms with Crippen molar-refractivity contribution >= 4 is 15.7 Å². The maximum Gasteiger partial charge on any atom is 0.224 e. The fourth-order valence-electron chi connectivity index (χ4n) is 4.37. The van der Waals surface area contributed by atoms with Gasteiger partial charge < -0.3 is 5.32 Å². The van der Waals surface area contributed by atoms with Crippen LogP contribution in [0.5, 0.6) is 0 Å². The van der Waals surface area contributed by atoms with Gasteiger partial charge in [-0.3, -0.25) is 9.69 Å². The first-order valence-corrected chi connectivity index (χ1v) is 11.4. The van der Waals surface area contributed by atoms with Crippen LogP contribution in [-0.4, -0.2) is 43.8 Å². The van der Waals surface area contributed by atoms with Crippen molar-refractivity contribution < 1.29 is 13.2 Å². The molecular weight excluding hydrogens is 348 g/mol. The fourth-order valence-corrected chi connectivity index (χ4v) is 6.12. The van der Waals surface area contributed by atoms with E-state index in [4.69, 9.17) is 0 Å². The molecular formula is C20H30N2O3S. The third kappa shape index (κ3) is 5.07. The molecule has 0 aromatic heterocycles. The van der Waals surface area contributed by atoms with Gasteiger partial charge in [0.1, 0.15) is 0 Å². The third-order valence-corrected chi connectivity index (χ3v) is 7.28. The predicted octanol–water partition coefficient (Wildman–Crippen LogP) is 2.22. The second kappa shape index (κ2) is 8.09. The maximum atomic E-state index is 12.3. The smallest absolute Gasteiger partial charge is 0.224 e. The minimum absolute atomic E-state index is 0.00989. The van der Waals surface area contributed by atoms with E-state index >= 15 is 0 Å². The molecule has 1 aromatic carbocycles. The van der Waals surface area contributed by atoms with Crippen LogP contribution < -0.4 is 5.32 Å². The molecule has 1 amide bonds. The van der Waals surface area contributed by atoms with Crippen LogP contribution in [0.3, 0.4) is 0 Å². The van der Waals surface area contributed by atoms with Crippen LogP contribution in [0.25, 0.3) is 0 Å². The van der Waals surface area contributed by atoms with Crippen LogP contribution in [0.4, 0.5) is 0 Å². The Hall–Kier alpha value is -1.40. The van der Waals surface area contributed by atoms with E-state index in [9.17, 15) is 13.2 Å². The number of nitrogens with zero attached hydrogens (tertiary/aromatic N) is 1. The van der Waals surface area contributed by atoms with Crippen LogP contribution in [-0.2, 0) is 27.7 Å². The summed E-state index contributed by atoms with van der Waals surface area (Å²) in [5.74, 6) is 1.03. The molecule has 2 aliphatic rings. The Labute approximate surface area is 157 Å². The standard InChI is InChI=1S/C20H30N2O3S/c1-15-9-16(2)12-22(11-15)13-18-6-4-3-5-17(18)10-21-20(23)19-7-8-26(24,25)14-19/h3-6,15-16,19H,7-14H2,1-2H3,(H,21,23)/t15-,16-,19+/m1/s1. The second-order valence-corrected chi connectivity index (χ2v) is 10.5. The zero-order chi connectivity index (χ0) is 18.7. The first-order chi connectivity index (χ1) is 12.3. The van der Waals surface area contributed by atoms with E-state index in [-0.39, 0.29) is 17.4 Å². The van der Waals surface area contributed by atoms with Gasteiger partial charge in [0.25, 0.3) is 0 Å².